The maximum absolute atomic E-state index is 6.00. The van der Waals surface area contributed by atoms with E-state index in [1.807, 2.05) is 74.5 Å². The van der Waals surface area contributed by atoms with Gasteiger partial charge in [-0.05, 0) is 66.9 Å². The molecule has 4 aromatic rings. The first kappa shape index (κ1) is 19.0. The van der Waals surface area contributed by atoms with Crippen molar-refractivity contribution in [3.8, 4) is 28.6 Å². The number of hydrogen-bond donors (Lipinski definition) is 1. The van der Waals surface area contributed by atoms with Crippen LogP contribution >= 0.6 is 11.6 Å². The number of anilines is 1. The molecule has 0 aliphatic heterocycles. The number of halogens is 1. The lowest BCUT2D eigenvalue weighted by Gasteiger charge is -2.10. The topological polar surface area (TPSA) is 74.2 Å². The minimum absolute atomic E-state index is 0.422. The number of nitrogens with zero attached hydrogens (tertiary/aromatic N) is 2. The van der Waals surface area contributed by atoms with Gasteiger partial charge >= 0.3 is 0 Å². The fourth-order valence-corrected chi connectivity index (χ4v) is 3.30. The molecule has 0 bridgehead atoms. The lowest BCUT2D eigenvalue weighted by molar-refractivity contribution is 0.304. The monoisotopic (exact) mass is 405 g/mol. The first-order valence-corrected chi connectivity index (χ1v) is 9.56. The third kappa shape index (κ3) is 4.10. The van der Waals surface area contributed by atoms with Crippen molar-refractivity contribution in [3.05, 3.63) is 82.4 Å². The third-order valence-electron chi connectivity index (χ3n) is 4.75. The molecule has 2 N–H and O–H groups in total. The average molecular weight is 406 g/mol. The SMILES string of the molecule is Cc1cc(Cl)ccc1OCc1cccc(-c2nc(-c3cccc(N)c3C)no2)c1. The highest BCUT2D eigenvalue weighted by molar-refractivity contribution is 6.30. The number of hydrogen-bond acceptors (Lipinski definition) is 5. The van der Waals surface area contributed by atoms with Crippen LogP contribution in [0.4, 0.5) is 5.69 Å². The summed E-state index contributed by atoms with van der Waals surface area (Å²) >= 11 is 6.00. The van der Waals surface area contributed by atoms with Crippen LogP contribution in [0.15, 0.2) is 65.2 Å². The van der Waals surface area contributed by atoms with Gasteiger partial charge in [-0.1, -0.05) is 41.0 Å². The van der Waals surface area contributed by atoms with Gasteiger partial charge in [-0.15, -0.1) is 0 Å². The van der Waals surface area contributed by atoms with Crippen molar-refractivity contribution in [2.24, 2.45) is 0 Å². The van der Waals surface area contributed by atoms with Crippen molar-refractivity contribution >= 4 is 17.3 Å². The zero-order valence-corrected chi connectivity index (χ0v) is 16.9. The van der Waals surface area contributed by atoms with Crippen LogP contribution in [-0.2, 0) is 6.61 Å². The van der Waals surface area contributed by atoms with E-state index in [0.29, 0.717) is 29.0 Å². The third-order valence-corrected chi connectivity index (χ3v) is 4.98. The smallest absolute Gasteiger partial charge is 0.258 e. The van der Waals surface area contributed by atoms with E-state index in [1.54, 1.807) is 0 Å². The number of nitrogens with two attached hydrogens (primary N) is 1. The van der Waals surface area contributed by atoms with E-state index in [-0.39, 0.29) is 0 Å². The Morgan fingerprint density at radius 3 is 2.69 bits per heavy atom. The Morgan fingerprint density at radius 2 is 1.86 bits per heavy atom. The van der Waals surface area contributed by atoms with Crippen LogP contribution in [0.1, 0.15) is 16.7 Å². The standard InChI is InChI=1S/C23H20ClN3O2/c1-14-11-18(24)9-10-21(14)28-13-16-5-3-6-17(12-16)23-26-22(27-29-23)19-7-4-8-20(25)15(19)2/h3-12H,13,25H2,1-2H3. The molecule has 0 atom stereocenters. The number of benzene rings is 3. The maximum Gasteiger partial charge on any atom is 0.258 e. The molecule has 29 heavy (non-hydrogen) atoms. The van der Waals surface area contributed by atoms with Gasteiger partial charge in [-0.25, -0.2) is 0 Å². The molecule has 0 spiro atoms. The van der Waals surface area contributed by atoms with E-state index >= 15 is 0 Å². The zero-order valence-electron chi connectivity index (χ0n) is 16.1. The molecule has 0 unspecified atom stereocenters. The summed E-state index contributed by atoms with van der Waals surface area (Å²) in [5.41, 5.74) is 11.3. The van der Waals surface area contributed by atoms with Crippen LogP contribution in [0.2, 0.25) is 5.02 Å². The van der Waals surface area contributed by atoms with Gasteiger partial charge in [0.2, 0.25) is 5.82 Å². The minimum Gasteiger partial charge on any atom is -0.489 e. The summed E-state index contributed by atoms with van der Waals surface area (Å²) in [5, 5.41) is 4.82. The van der Waals surface area contributed by atoms with Crippen molar-refractivity contribution in [2.75, 3.05) is 5.73 Å². The summed E-state index contributed by atoms with van der Waals surface area (Å²) in [6.07, 6.45) is 0. The molecular formula is C23H20ClN3O2. The summed E-state index contributed by atoms with van der Waals surface area (Å²) in [6, 6.07) is 19.1. The van der Waals surface area contributed by atoms with Gasteiger partial charge in [-0.3, -0.25) is 0 Å². The highest BCUT2D eigenvalue weighted by Crippen LogP contribution is 2.28. The molecule has 0 saturated heterocycles. The van der Waals surface area contributed by atoms with E-state index in [2.05, 4.69) is 10.1 Å². The quantitative estimate of drug-likeness (QED) is 0.422. The van der Waals surface area contributed by atoms with Gasteiger partial charge in [0.1, 0.15) is 12.4 Å². The van der Waals surface area contributed by atoms with Gasteiger partial charge in [0.15, 0.2) is 0 Å². The molecule has 1 aromatic heterocycles. The Kier molecular flexibility index (Phi) is 5.23. The highest BCUT2D eigenvalue weighted by atomic mass is 35.5. The maximum atomic E-state index is 6.00. The Labute approximate surface area is 174 Å². The van der Waals surface area contributed by atoms with Gasteiger partial charge < -0.3 is 15.0 Å². The predicted octanol–water partition coefficient (Wildman–Crippen LogP) is 5.84. The van der Waals surface area contributed by atoms with Crippen LogP contribution in [-0.4, -0.2) is 10.1 Å². The Bertz CT molecular complexity index is 1170. The molecule has 3 aromatic carbocycles. The summed E-state index contributed by atoms with van der Waals surface area (Å²) in [4.78, 5) is 4.55. The summed E-state index contributed by atoms with van der Waals surface area (Å²) < 4.78 is 11.4. The van der Waals surface area contributed by atoms with Crippen LogP contribution in [0.25, 0.3) is 22.8 Å². The molecule has 5 nitrogen and oxygen atoms in total. The minimum atomic E-state index is 0.422. The van der Waals surface area contributed by atoms with E-state index in [1.165, 1.54) is 0 Å². The second-order valence-corrected chi connectivity index (χ2v) is 7.28. The molecule has 146 valence electrons. The molecular weight excluding hydrogens is 386 g/mol. The molecule has 1 heterocycles. The van der Waals surface area contributed by atoms with E-state index in [9.17, 15) is 0 Å². The second-order valence-electron chi connectivity index (χ2n) is 6.84. The molecule has 0 aliphatic carbocycles. The number of nitrogen functional groups attached to an aromatic ring is 1. The number of aryl methyl sites for hydroxylation is 1. The van der Waals surface area contributed by atoms with Gasteiger partial charge in [0, 0.05) is 21.8 Å². The summed E-state index contributed by atoms with van der Waals surface area (Å²) in [6.45, 7) is 4.33. The molecule has 0 saturated carbocycles. The highest BCUT2D eigenvalue weighted by Gasteiger charge is 2.14. The van der Waals surface area contributed by atoms with Gasteiger partial charge in [0.25, 0.3) is 5.89 Å². The first-order valence-electron chi connectivity index (χ1n) is 9.18. The second kappa shape index (κ2) is 7.97. The molecule has 0 radical (unpaired) electrons. The van der Waals surface area contributed by atoms with E-state index in [4.69, 9.17) is 26.6 Å². The van der Waals surface area contributed by atoms with Crippen molar-refractivity contribution < 1.29 is 9.26 Å². The number of rotatable bonds is 5. The van der Waals surface area contributed by atoms with Crippen molar-refractivity contribution in [1.29, 1.82) is 0 Å². The Hall–Kier alpha value is -3.31. The molecule has 0 aliphatic rings. The van der Waals surface area contributed by atoms with Crippen LogP contribution < -0.4 is 10.5 Å². The number of aromatic nitrogens is 2. The summed E-state index contributed by atoms with van der Waals surface area (Å²) in [5.74, 6) is 1.77. The average Bonchev–Trinajstić information content (AvgIpc) is 3.20. The van der Waals surface area contributed by atoms with E-state index < -0.39 is 0 Å². The Morgan fingerprint density at radius 1 is 1.03 bits per heavy atom. The zero-order chi connectivity index (χ0) is 20.4. The molecule has 0 amide bonds. The first-order chi connectivity index (χ1) is 14.0. The molecule has 4 rings (SSSR count). The van der Waals surface area contributed by atoms with Crippen molar-refractivity contribution in [2.45, 2.75) is 20.5 Å². The fourth-order valence-electron chi connectivity index (χ4n) is 3.08. The number of ether oxygens (including phenoxy) is 1. The van der Waals surface area contributed by atoms with Crippen LogP contribution in [0, 0.1) is 13.8 Å². The molecule has 6 heteroatoms. The lowest BCUT2D eigenvalue weighted by atomic mass is 10.1. The van der Waals surface area contributed by atoms with Gasteiger partial charge in [0.05, 0.1) is 0 Å². The predicted molar refractivity (Wildman–Crippen MR) is 115 cm³/mol. The molecule has 0 fully saturated rings. The normalized spacial score (nSPS) is 10.9. The summed E-state index contributed by atoms with van der Waals surface area (Å²) in [7, 11) is 0. The Balaban J connectivity index is 1.55. The van der Waals surface area contributed by atoms with E-state index in [0.717, 1.165) is 33.6 Å². The van der Waals surface area contributed by atoms with Gasteiger partial charge in [-0.2, -0.15) is 4.98 Å². The largest absolute Gasteiger partial charge is 0.489 e. The fraction of sp³-hybridized carbons (Fsp3) is 0.130. The van der Waals surface area contributed by atoms with Crippen molar-refractivity contribution in [1.82, 2.24) is 10.1 Å². The van der Waals surface area contributed by atoms with Crippen molar-refractivity contribution in [3.63, 3.8) is 0 Å². The van der Waals surface area contributed by atoms with Crippen LogP contribution in [0.3, 0.4) is 0 Å². The van der Waals surface area contributed by atoms with Crippen LogP contribution in [0.5, 0.6) is 5.75 Å². The lowest BCUT2D eigenvalue weighted by Crippen LogP contribution is -1.97.